The fourth-order valence-electron chi connectivity index (χ4n) is 4.34. The lowest BCUT2D eigenvalue weighted by Crippen LogP contribution is -2.30. The third-order valence-electron chi connectivity index (χ3n) is 6.76. The number of hydrogen-bond donors (Lipinski definition) is 0. The van der Waals surface area contributed by atoms with Crippen molar-refractivity contribution in [3.63, 3.8) is 0 Å². The van der Waals surface area contributed by atoms with Gasteiger partial charge in [0, 0.05) is 18.2 Å². The number of hydrogen-bond acceptors (Lipinski definition) is 6. The Morgan fingerprint density at radius 1 is 0.925 bits per heavy atom. The molecule has 8 nitrogen and oxygen atoms in total. The second-order valence-electron chi connectivity index (χ2n) is 11.3. The van der Waals surface area contributed by atoms with Gasteiger partial charge < -0.3 is 9.42 Å². The van der Waals surface area contributed by atoms with Crippen molar-refractivity contribution in [1.82, 2.24) is 15.0 Å². The molecule has 210 valence electrons. The van der Waals surface area contributed by atoms with Crippen LogP contribution in [0.1, 0.15) is 59.3 Å². The predicted molar refractivity (Wildman–Crippen MR) is 158 cm³/mol. The molecule has 9 heteroatoms. The molecule has 4 aromatic rings. The van der Waals surface area contributed by atoms with E-state index in [1.807, 2.05) is 44.2 Å². The van der Waals surface area contributed by atoms with E-state index in [4.69, 9.17) is 4.52 Å². The Labute approximate surface area is 236 Å². The van der Waals surface area contributed by atoms with E-state index in [9.17, 15) is 13.2 Å². The van der Waals surface area contributed by atoms with Crippen LogP contribution in [0.4, 0.5) is 5.69 Å². The minimum absolute atomic E-state index is 0.0510. The second kappa shape index (κ2) is 11.3. The van der Waals surface area contributed by atoms with E-state index >= 15 is 0 Å². The van der Waals surface area contributed by atoms with Crippen LogP contribution in [0.15, 0.2) is 71.3 Å². The van der Waals surface area contributed by atoms with Crippen LogP contribution in [0.5, 0.6) is 0 Å². The molecule has 1 aromatic heterocycles. The summed E-state index contributed by atoms with van der Waals surface area (Å²) >= 11 is 0. The van der Waals surface area contributed by atoms with Gasteiger partial charge in [0.1, 0.15) is 0 Å². The van der Waals surface area contributed by atoms with E-state index in [0.717, 1.165) is 22.3 Å². The van der Waals surface area contributed by atoms with Crippen LogP contribution in [0.25, 0.3) is 11.4 Å². The summed E-state index contributed by atoms with van der Waals surface area (Å²) in [5.74, 6) is 0.593. The number of benzene rings is 3. The summed E-state index contributed by atoms with van der Waals surface area (Å²) in [4.78, 5) is 19.1. The summed E-state index contributed by atoms with van der Waals surface area (Å²) in [6.07, 6.45) is 1.20. The number of nitrogens with zero attached hydrogens (tertiary/aromatic N) is 4. The third-order valence-corrected chi connectivity index (χ3v) is 7.88. The van der Waals surface area contributed by atoms with Gasteiger partial charge in [0.15, 0.2) is 0 Å². The summed E-state index contributed by atoms with van der Waals surface area (Å²) < 4.78 is 32.1. The van der Waals surface area contributed by atoms with E-state index in [2.05, 4.69) is 43.0 Å². The molecule has 0 aliphatic heterocycles. The SMILES string of the molecule is Cc1ccc(C)c(N(Cc2ccc(C(=O)N(C)Cc3nc(-c4ccc(C(C)(C)C)cc4)no3)cc2)S(C)(=O)=O)c1. The highest BCUT2D eigenvalue weighted by atomic mass is 32.2. The molecule has 0 fully saturated rings. The number of rotatable bonds is 8. The Kier molecular flexibility index (Phi) is 8.16. The van der Waals surface area contributed by atoms with E-state index in [-0.39, 0.29) is 24.4 Å². The average molecular weight is 561 g/mol. The van der Waals surface area contributed by atoms with Crippen molar-refractivity contribution in [2.24, 2.45) is 0 Å². The fraction of sp³-hybridized carbons (Fsp3) is 0.323. The molecule has 0 saturated carbocycles. The molecule has 0 radical (unpaired) electrons. The molecule has 3 aromatic carbocycles. The molecule has 4 rings (SSSR count). The summed E-state index contributed by atoms with van der Waals surface area (Å²) in [7, 11) is -1.85. The first-order valence-corrected chi connectivity index (χ1v) is 14.9. The third kappa shape index (κ3) is 6.77. The van der Waals surface area contributed by atoms with Gasteiger partial charge in [-0.25, -0.2) is 8.42 Å². The fourth-order valence-corrected chi connectivity index (χ4v) is 5.28. The number of amides is 1. The first kappa shape index (κ1) is 29.0. The largest absolute Gasteiger partial charge is 0.337 e. The van der Waals surface area contributed by atoms with Crippen LogP contribution >= 0.6 is 0 Å². The molecule has 1 heterocycles. The van der Waals surface area contributed by atoms with Gasteiger partial charge in [-0.2, -0.15) is 4.98 Å². The predicted octanol–water partition coefficient (Wildman–Crippen LogP) is 5.89. The zero-order valence-corrected chi connectivity index (χ0v) is 24.9. The molecule has 40 heavy (non-hydrogen) atoms. The first-order chi connectivity index (χ1) is 18.7. The molecule has 0 saturated heterocycles. The number of sulfonamides is 1. The van der Waals surface area contributed by atoms with Crippen molar-refractivity contribution in [1.29, 1.82) is 0 Å². The lowest BCUT2D eigenvalue weighted by molar-refractivity contribution is 0.0769. The zero-order chi connectivity index (χ0) is 29.2. The number of carbonyl (C=O) groups is 1. The molecule has 0 spiro atoms. The summed E-state index contributed by atoms with van der Waals surface area (Å²) in [6, 6.07) is 20.7. The summed E-state index contributed by atoms with van der Waals surface area (Å²) in [5, 5.41) is 4.08. The summed E-state index contributed by atoms with van der Waals surface area (Å²) in [6.45, 7) is 10.6. The van der Waals surface area contributed by atoms with Crippen molar-refractivity contribution >= 4 is 21.6 Å². The Morgan fingerprint density at radius 3 is 2.17 bits per heavy atom. The first-order valence-electron chi connectivity index (χ1n) is 13.1. The van der Waals surface area contributed by atoms with Crippen LogP contribution in [0.3, 0.4) is 0 Å². The van der Waals surface area contributed by atoms with Gasteiger partial charge in [-0.05, 0) is 59.7 Å². The maximum atomic E-state index is 13.1. The molecule has 0 N–H and O–H groups in total. The quantitative estimate of drug-likeness (QED) is 0.267. The molecule has 1 amide bonds. The Bertz CT molecular complexity index is 1600. The van der Waals surface area contributed by atoms with Crippen LogP contribution in [0.2, 0.25) is 0 Å². The van der Waals surface area contributed by atoms with Gasteiger partial charge in [0.25, 0.3) is 5.91 Å². The molecule has 0 aliphatic carbocycles. The monoisotopic (exact) mass is 560 g/mol. The van der Waals surface area contributed by atoms with Crippen molar-refractivity contribution in [3.05, 3.63) is 100 Å². The Morgan fingerprint density at radius 2 is 1.57 bits per heavy atom. The Balaban J connectivity index is 1.44. The van der Waals surface area contributed by atoms with Crippen molar-refractivity contribution < 1.29 is 17.7 Å². The highest BCUT2D eigenvalue weighted by Gasteiger charge is 2.21. The molecular formula is C31H36N4O4S. The standard InChI is InChI=1S/C31H36N4O4S/c1-21-8-9-22(2)27(18-21)35(40(7,37)38)19-23-10-12-25(13-11-23)30(36)34(6)20-28-32-29(33-39-28)24-14-16-26(17-15-24)31(3,4)5/h8-18H,19-20H2,1-7H3. The van der Waals surface area contributed by atoms with Crippen molar-refractivity contribution in [2.45, 2.75) is 53.1 Å². The maximum absolute atomic E-state index is 13.1. The molecule has 0 atom stereocenters. The molecular weight excluding hydrogens is 524 g/mol. The van der Waals surface area contributed by atoms with Gasteiger partial charge in [-0.15, -0.1) is 0 Å². The minimum atomic E-state index is -3.52. The average Bonchev–Trinajstić information content (AvgIpc) is 3.36. The topological polar surface area (TPSA) is 96.6 Å². The smallest absolute Gasteiger partial charge is 0.254 e. The van der Waals surface area contributed by atoms with Gasteiger partial charge in [-0.3, -0.25) is 9.10 Å². The molecule has 0 aliphatic rings. The van der Waals surface area contributed by atoms with E-state index in [1.54, 1.807) is 31.3 Å². The van der Waals surface area contributed by atoms with E-state index in [1.165, 1.54) is 21.0 Å². The van der Waals surface area contributed by atoms with E-state index in [0.29, 0.717) is 23.0 Å². The van der Waals surface area contributed by atoms with Crippen LogP contribution in [-0.2, 0) is 28.5 Å². The normalized spacial score (nSPS) is 11.9. The zero-order valence-electron chi connectivity index (χ0n) is 24.1. The lowest BCUT2D eigenvalue weighted by Gasteiger charge is -2.25. The number of aromatic nitrogens is 2. The summed E-state index contributed by atoms with van der Waals surface area (Å²) in [5.41, 5.74) is 5.84. The van der Waals surface area contributed by atoms with Gasteiger partial charge in [-0.1, -0.05) is 74.5 Å². The van der Waals surface area contributed by atoms with Crippen LogP contribution in [-0.4, -0.2) is 42.7 Å². The van der Waals surface area contributed by atoms with E-state index < -0.39 is 10.0 Å². The number of carbonyl (C=O) groups excluding carboxylic acids is 1. The molecule has 0 unspecified atom stereocenters. The van der Waals surface area contributed by atoms with Gasteiger partial charge in [0.2, 0.25) is 21.7 Å². The van der Waals surface area contributed by atoms with Gasteiger partial charge in [0.05, 0.1) is 25.0 Å². The van der Waals surface area contributed by atoms with Crippen LogP contribution < -0.4 is 4.31 Å². The van der Waals surface area contributed by atoms with Crippen LogP contribution in [0, 0.1) is 13.8 Å². The minimum Gasteiger partial charge on any atom is -0.337 e. The second-order valence-corrected chi connectivity index (χ2v) is 13.2. The lowest BCUT2D eigenvalue weighted by atomic mass is 9.87. The highest BCUT2D eigenvalue weighted by Crippen LogP contribution is 2.27. The number of aryl methyl sites for hydroxylation is 2. The number of anilines is 1. The maximum Gasteiger partial charge on any atom is 0.254 e. The van der Waals surface area contributed by atoms with Crippen molar-refractivity contribution in [2.75, 3.05) is 17.6 Å². The van der Waals surface area contributed by atoms with Gasteiger partial charge >= 0.3 is 0 Å². The highest BCUT2D eigenvalue weighted by molar-refractivity contribution is 7.92. The molecule has 0 bridgehead atoms. The van der Waals surface area contributed by atoms with Crippen molar-refractivity contribution in [3.8, 4) is 11.4 Å². The Hall–Kier alpha value is -3.98.